The van der Waals surface area contributed by atoms with E-state index in [1.54, 1.807) is 12.1 Å². The van der Waals surface area contributed by atoms with Crippen molar-refractivity contribution in [3.8, 4) is 0 Å². The number of carbonyl (C=O) groups excluding carboxylic acids is 1. The van der Waals surface area contributed by atoms with E-state index in [-0.39, 0.29) is 11.4 Å². The maximum atomic E-state index is 12.0. The molecule has 3 N–H and O–H groups in total. The Balaban J connectivity index is 2.11. The molecule has 0 spiro atoms. The largest absolute Gasteiger partial charge is 0.398 e. The van der Waals surface area contributed by atoms with Crippen molar-refractivity contribution in [2.24, 2.45) is 0 Å². The Morgan fingerprint density at radius 1 is 1.53 bits per heavy atom. The van der Waals surface area contributed by atoms with Crippen LogP contribution in [0.4, 0.5) is 5.69 Å². The molecule has 1 atom stereocenters. The third kappa shape index (κ3) is 2.58. The monoisotopic (exact) mass is 234 g/mol. The van der Waals surface area contributed by atoms with Crippen LogP contribution in [0, 0.1) is 6.92 Å². The Bertz CT molecular complexity index is 437. The zero-order valence-electron chi connectivity index (χ0n) is 10.2. The summed E-state index contributed by atoms with van der Waals surface area (Å²) >= 11 is 0. The van der Waals surface area contributed by atoms with Gasteiger partial charge in [-0.25, -0.2) is 0 Å². The van der Waals surface area contributed by atoms with Gasteiger partial charge in [0, 0.05) is 17.9 Å². The lowest BCUT2D eigenvalue weighted by atomic mass is 10.0. The van der Waals surface area contributed by atoms with Crippen molar-refractivity contribution >= 4 is 11.6 Å². The second-order valence-electron chi connectivity index (χ2n) is 4.89. The van der Waals surface area contributed by atoms with Gasteiger partial charge < -0.3 is 15.8 Å². The van der Waals surface area contributed by atoms with E-state index in [0.29, 0.717) is 24.5 Å². The first kappa shape index (κ1) is 11.9. The summed E-state index contributed by atoms with van der Waals surface area (Å²) in [5.41, 5.74) is 7.77. The molecule has 1 aromatic rings. The highest BCUT2D eigenvalue weighted by Gasteiger charge is 2.31. The predicted molar refractivity (Wildman–Crippen MR) is 66.9 cm³/mol. The van der Waals surface area contributed by atoms with Crippen molar-refractivity contribution in [2.75, 3.05) is 18.9 Å². The average molecular weight is 234 g/mol. The third-order valence-electron chi connectivity index (χ3n) is 3.18. The van der Waals surface area contributed by atoms with Gasteiger partial charge in [-0.2, -0.15) is 0 Å². The summed E-state index contributed by atoms with van der Waals surface area (Å²) in [6.07, 6.45) is 0.847. The van der Waals surface area contributed by atoms with Gasteiger partial charge in [0.15, 0.2) is 0 Å². The van der Waals surface area contributed by atoms with Gasteiger partial charge in [-0.3, -0.25) is 4.79 Å². The van der Waals surface area contributed by atoms with Gasteiger partial charge in [0.05, 0.1) is 12.1 Å². The quantitative estimate of drug-likeness (QED) is 0.762. The molecule has 0 aliphatic carbocycles. The third-order valence-corrected chi connectivity index (χ3v) is 3.18. The van der Waals surface area contributed by atoms with Gasteiger partial charge in [-0.15, -0.1) is 0 Å². The SMILES string of the molecule is Cc1ccc(C(=O)NC2(C)CCOC2)cc1N. The van der Waals surface area contributed by atoms with Gasteiger partial charge in [-0.05, 0) is 38.0 Å². The van der Waals surface area contributed by atoms with Crippen LogP contribution in [-0.4, -0.2) is 24.7 Å². The highest BCUT2D eigenvalue weighted by atomic mass is 16.5. The first-order chi connectivity index (χ1) is 8.00. The van der Waals surface area contributed by atoms with Crippen LogP contribution in [0.15, 0.2) is 18.2 Å². The zero-order valence-corrected chi connectivity index (χ0v) is 10.2. The second-order valence-corrected chi connectivity index (χ2v) is 4.89. The van der Waals surface area contributed by atoms with Crippen molar-refractivity contribution in [3.05, 3.63) is 29.3 Å². The Hall–Kier alpha value is -1.55. The van der Waals surface area contributed by atoms with Crippen LogP contribution in [0.5, 0.6) is 0 Å². The van der Waals surface area contributed by atoms with Crippen LogP contribution >= 0.6 is 0 Å². The van der Waals surface area contributed by atoms with Crippen LogP contribution in [-0.2, 0) is 4.74 Å². The number of rotatable bonds is 2. The minimum absolute atomic E-state index is 0.0929. The van der Waals surface area contributed by atoms with E-state index in [4.69, 9.17) is 10.5 Å². The van der Waals surface area contributed by atoms with Crippen molar-refractivity contribution < 1.29 is 9.53 Å². The number of nitrogen functional groups attached to an aromatic ring is 1. The van der Waals surface area contributed by atoms with E-state index in [1.165, 1.54) is 0 Å². The second kappa shape index (κ2) is 4.37. The summed E-state index contributed by atoms with van der Waals surface area (Å²) in [4.78, 5) is 12.0. The molecular weight excluding hydrogens is 216 g/mol. The molecular formula is C13H18N2O2. The molecule has 1 fully saturated rings. The topological polar surface area (TPSA) is 64.3 Å². The molecule has 2 rings (SSSR count). The Labute approximate surface area is 101 Å². The molecule has 1 heterocycles. The average Bonchev–Trinajstić information content (AvgIpc) is 2.69. The van der Waals surface area contributed by atoms with E-state index >= 15 is 0 Å². The lowest BCUT2D eigenvalue weighted by Crippen LogP contribution is -2.46. The minimum Gasteiger partial charge on any atom is -0.398 e. The van der Waals surface area contributed by atoms with Crippen molar-refractivity contribution in [1.29, 1.82) is 0 Å². The normalized spacial score (nSPS) is 23.6. The Morgan fingerprint density at radius 2 is 2.29 bits per heavy atom. The lowest BCUT2D eigenvalue weighted by Gasteiger charge is -2.23. The maximum Gasteiger partial charge on any atom is 0.251 e. The van der Waals surface area contributed by atoms with Crippen molar-refractivity contribution in [1.82, 2.24) is 5.32 Å². The molecule has 1 aliphatic rings. The van der Waals surface area contributed by atoms with E-state index in [2.05, 4.69) is 5.32 Å². The summed E-state index contributed by atoms with van der Waals surface area (Å²) in [5.74, 6) is -0.0929. The van der Waals surface area contributed by atoms with Crippen LogP contribution < -0.4 is 11.1 Å². The number of amides is 1. The first-order valence-electron chi connectivity index (χ1n) is 5.77. The van der Waals surface area contributed by atoms with Crippen LogP contribution in [0.1, 0.15) is 29.3 Å². The molecule has 1 amide bonds. The van der Waals surface area contributed by atoms with Crippen LogP contribution in [0.2, 0.25) is 0 Å². The number of nitrogens with two attached hydrogens (primary N) is 1. The number of nitrogens with one attached hydrogen (secondary N) is 1. The molecule has 0 aromatic heterocycles. The summed E-state index contributed by atoms with van der Waals surface area (Å²) < 4.78 is 5.30. The van der Waals surface area contributed by atoms with Gasteiger partial charge >= 0.3 is 0 Å². The van der Waals surface area contributed by atoms with E-state index in [1.807, 2.05) is 19.9 Å². The summed E-state index contributed by atoms with van der Waals surface area (Å²) in [5, 5.41) is 3.00. The van der Waals surface area contributed by atoms with E-state index in [9.17, 15) is 4.79 Å². The number of carbonyl (C=O) groups is 1. The van der Waals surface area contributed by atoms with E-state index < -0.39 is 0 Å². The highest BCUT2D eigenvalue weighted by Crippen LogP contribution is 2.19. The summed E-state index contributed by atoms with van der Waals surface area (Å²) in [6.45, 7) is 5.19. The molecule has 4 heteroatoms. The van der Waals surface area contributed by atoms with Crippen molar-refractivity contribution in [3.63, 3.8) is 0 Å². The fourth-order valence-corrected chi connectivity index (χ4v) is 1.89. The molecule has 0 bridgehead atoms. The summed E-state index contributed by atoms with van der Waals surface area (Å²) in [6, 6.07) is 5.36. The molecule has 0 saturated carbocycles. The molecule has 17 heavy (non-hydrogen) atoms. The van der Waals surface area contributed by atoms with Crippen LogP contribution in [0.25, 0.3) is 0 Å². The predicted octanol–water partition coefficient (Wildman–Crippen LogP) is 1.49. The number of aryl methyl sites for hydroxylation is 1. The fraction of sp³-hybridized carbons (Fsp3) is 0.462. The lowest BCUT2D eigenvalue weighted by molar-refractivity contribution is 0.0890. The fourth-order valence-electron chi connectivity index (χ4n) is 1.89. The number of anilines is 1. The maximum absolute atomic E-state index is 12.0. The summed E-state index contributed by atoms with van der Waals surface area (Å²) in [7, 11) is 0. The molecule has 4 nitrogen and oxygen atoms in total. The number of benzene rings is 1. The number of hydrogen-bond donors (Lipinski definition) is 2. The van der Waals surface area contributed by atoms with Gasteiger partial charge in [-0.1, -0.05) is 6.07 Å². The Kier molecular flexibility index (Phi) is 3.07. The Morgan fingerprint density at radius 3 is 2.88 bits per heavy atom. The number of hydrogen-bond acceptors (Lipinski definition) is 3. The molecule has 1 aromatic carbocycles. The smallest absolute Gasteiger partial charge is 0.251 e. The van der Waals surface area contributed by atoms with Crippen molar-refractivity contribution in [2.45, 2.75) is 25.8 Å². The molecule has 92 valence electrons. The van der Waals surface area contributed by atoms with Gasteiger partial charge in [0.1, 0.15) is 0 Å². The minimum atomic E-state index is -0.253. The molecule has 1 unspecified atom stereocenters. The van der Waals surface area contributed by atoms with E-state index in [0.717, 1.165) is 12.0 Å². The number of ether oxygens (including phenoxy) is 1. The zero-order chi connectivity index (χ0) is 12.5. The van der Waals surface area contributed by atoms with Gasteiger partial charge in [0.2, 0.25) is 0 Å². The van der Waals surface area contributed by atoms with Gasteiger partial charge in [0.25, 0.3) is 5.91 Å². The molecule has 1 saturated heterocycles. The first-order valence-corrected chi connectivity index (χ1v) is 5.77. The van der Waals surface area contributed by atoms with Crippen LogP contribution in [0.3, 0.4) is 0 Å². The molecule has 1 aliphatic heterocycles. The highest BCUT2D eigenvalue weighted by molar-refractivity contribution is 5.95. The standard InChI is InChI=1S/C13H18N2O2/c1-9-3-4-10(7-11(9)14)12(16)15-13(2)5-6-17-8-13/h3-4,7H,5-6,8,14H2,1-2H3,(H,15,16). The molecule has 0 radical (unpaired) electrons.